The van der Waals surface area contributed by atoms with Gasteiger partial charge in [-0.1, -0.05) is 41.5 Å². The molecule has 8 heteroatoms. The Morgan fingerprint density at radius 3 is 0.400 bits per heavy atom. The molecule has 0 heterocycles. The minimum Gasteiger partial charge on any atom is -0.855 e. The maximum absolute atomic E-state index is 8.93. The van der Waals surface area contributed by atoms with Gasteiger partial charge in [-0.25, -0.2) is 0 Å². The summed E-state index contributed by atoms with van der Waals surface area (Å²) in [6, 6.07) is 0. The van der Waals surface area contributed by atoms with Crippen molar-refractivity contribution in [3.05, 3.63) is 0 Å². The van der Waals surface area contributed by atoms with Gasteiger partial charge in [-0.3, -0.25) is 0 Å². The monoisotopic (exact) mass is 456 g/mol. The predicted molar refractivity (Wildman–Crippen MR) is 69.0 cm³/mol. The van der Waals surface area contributed by atoms with Crippen LogP contribution in [0.15, 0.2) is 0 Å². The van der Waals surface area contributed by atoms with Gasteiger partial charge in [0.25, 0.3) is 0 Å². The van der Waals surface area contributed by atoms with E-state index in [1.165, 1.54) is 0 Å². The second-order valence-corrected chi connectivity index (χ2v) is 1.73. The van der Waals surface area contributed by atoms with Crippen LogP contribution in [-0.2, 0) is 21.7 Å². The number of rotatable bonds is 0. The van der Waals surface area contributed by atoms with Crippen molar-refractivity contribution < 1.29 is 52.4 Å². The topological polar surface area (TPSA) is 138 Å². The summed E-state index contributed by atoms with van der Waals surface area (Å²) in [5.41, 5.74) is 0. The van der Waals surface area contributed by atoms with Gasteiger partial charge in [-0.15, -0.1) is 39.6 Å². The van der Waals surface area contributed by atoms with Crippen LogP contribution in [0.2, 0.25) is 0 Å². The second-order valence-electron chi connectivity index (χ2n) is 1.73. The molecule has 0 spiro atoms. The molecule has 0 atom stereocenters. The molecule has 20 heavy (non-hydrogen) atoms. The molecule has 120 valence electrons. The van der Waals surface area contributed by atoms with Gasteiger partial charge in [0.15, 0.2) is 0 Å². The molecule has 0 N–H and O–H groups in total. The fourth-order valence-electron chi connectivity index (χ4n) is 0. The van der Waals surface area contributed by atoms with Gasteiger partial charge in [0.1, 0.15) is 0 Å². The largest absolute Gasteiger partial charge is 4.00 e. The standard InChI is InChI=1S/6C2H5O.Ba.Ti/c6*1-2-3;;/h6*2H2,1H3;;/q6*-1;+2;+4. The summed E-state index contributed by atoms with van der Waals surface area (Å²) in [7, 11) is 0. The van der Waals surface area contributed by atoms with Gasteiger partial charge < -0.3 is 30.6 Å². The van der Waals surface area contributed by atoms with E-state index in [0.29, 0.717) is 0 Å². The zero-order chi connectivity index (χ0) is 16.2. The first-order valence-corrected chi connectivity index (χ1v) is 5.97. The molecule has 0 aromatic heterocycles. The maximum Gasteiger partial charge on any atom is 4.00 e. The Balaban J connectivity index is -0.0000000141. The zero-order valence-corrected chi connectivity index (χ0v) is 19.9. The van der Waals surface area contributed by atoms with E-state index in [9.17, 15) is 0 Å². The molecule has 0 aliphatic carbocycles. The molecule has 6 nitrogen and oxygen atoms in total. The normalized spacial score (nSPS) is 5.40. The van der Waals surface area contributed by atoms with Crippen LogP contribution in [0, 0.1) is 0 Å². The second kappa shape index (κ2) is 131. The van der Waals surface area contributed by atoms with Crippen molar-refractivity contribution in [1.29, 1.82) is 0 Å². The van der Waals surface area contributed by atoms with Crippen LogP contribution in [0.4, 0.5) is 0 Å². The molecule has 0 unspecified atom stereocenters. The van der Waals surface area contributed by atoms with Crippen molar-refractivity contribution in [3.63, 3.8) is 0 Å². The van der Waals surface area contributed by atoms with Gasteiger partial charge in [0.2, 0.25) is 0 Å². The Kier molecular flexibility index (Phi) is 323. The van der Waals surface area contributed by atoms with E-state index >= 15 is 0 Å². The first kappa shape index (κ1) is 49.5. The number of hydrogen-bond donors (Lipinski definition) is 0. The van der Waals surface area contributed by atoms with E-state index in [1.54, 1.807) is 41.5 Å². The molecule has 0 aromatic carbocycles. The molecular weight excluding hydrogens is 425 g/mol. The Morgan fingerprint density at radius 1 is 0.400 bits per heavy atom. The Labute approximate surface area is 180 Å². The van der Waals surface area contributed by atoms with E-state index in [-0.39, 0.29) is 110 Å². The smallest absolute Gasteiger partial charge is 0.855 e. The van der Waals surface area contributed by atoms with E-state index in [4.69, 9.17) is 30.6 Å². The van der Waals surface area contributed by atoms with Crippen molar-refractivity contribution >= 4 is 48.9 Å². The molecular formula is C12H30BaO6Ti. The predicted octanol–water partition coefficient (Wildman–Crippen LogP) is -4.18. The third kappa shape index (κ3) is 1740. The van der Waals surface area contributed by atoms with Crippen molar-refractivity contribution in [2.24, 2.45) is 0 Å². The third-order valence-electron chi connectivity index (χ3n) is 0. The fourth-order valence-corrected chi connectivity index (χ4v) is 0. The van der Waals surface area contributed by atoms with Crippen LogP contribution < -0.4 is 30.6 Å². The average molecular weight is 456 g/mol. The Morgan fingerprint density at radius 2 is 0.400 bits per heavy atom. The first-order valence-electron chi connectivity index (χ1n) is 5.97. The van der Waals surface area contributed by atoms with Gasteiger partial charge in [-0.2, -0.15) is 0 Å². The fraction of sp³-hybridized carbons (Fsp3) is 1.00. The minimum absolute atomic E-state index is 0. The van der Waals surface area contributed by atoms with Gasteiger partial charge in [-0.05, 0) is 0 Å². The van der Waals surface area contributed by atoms with E-state index < -0.39 is 0 Å². The summed E-state index contributed by atoms with van der Waals surface area (Å²) in [5.74, 6) is 0. The van der Waals surface area contributed by atoms with Gasteiger partial charge in [0.05, 0.1) is 0 Å². The molecule has 0 fully saturated rings. The third-order valence-corrected chi connectivity index (χ3v) is 0. The van der Waals surface area contributed by atoms with Crippen LogP contribution in [0.3, 0.4) is 0 Å². The van der Waals surface area contributed by atoms with Crippen LogP contribution in [0.1, 0.15) is 41.5 Å². The first-order chi connectivity index (χ1) is 8.49. The molecule has 0 radical (unpaired) electrons. The summed E-state index contributed by atoms with van der Waals surface area (Å²) in [6.45, 7) is 9.42. The maximum atomic E-state index is 8.93. The van der Waals surface area contributed by atoms with Crippen molar-refractivity contribution in [3.8, 4) is 0 Å². The molecule has 0 saturated heterocycles. The van der Waals surface area contributed by atoms with Crippen molar-refractivity contribution in [1.82, 2.24) is 0 Å². The van der Waals surface area contributed by atoms with E-state index in [1.807, 2.05) is 0 Å². The quantitative estimate of drug-likeness (QED) is 0.340. The van der Waals surface area contributed by atoms with Crippen LogP contribution in [0.5, 0.6) is 0 Å². The van der Waals surface area contributed by atoms with Crippen LogP contribution in [0.25, 0.3) is 0 Å². The average Bonchev–Trinajstić information content (AvgIpc) is 2.23. The van der Waals surface area contributed by atoms with Crippen molar-refractivity contribution in [2.45, 2.75) is 41.5 Å². The van der Waals surface area contributed by atoms with E-state index in [2.05, 4.69) is 0 Å². The van der Waals surface area contributed by atoms with Crippen LogP contribution in [-0.4, -0.2) is 88.5 Å². The molecule has 0 aliphatic heterocycles. The Bertz CT molecular complexity index is 43.4. The van der Waals surface area contributed by atoms with Gasteiger partial charge >= 0.3 is 70.6 Å². The number of hydrogen-bond acceptors (Lipinski definition) is 6. The molecule has 0 aromatic rings. The zero-order valence-electron chi connectivity index (χ0n) is 13.9. The van der Waals surface area contributed by atoms with Gasteiger partial charge in [0, 0.05) is 0 Å². The molecule has 0 aliphatic rings. The summed E-state index contributed by atoms with van der Waals surface area (Å²) >= 11 is 0. The van der Waals surface area contributed by atoms with E-state index in [0.717, 1.165) is 0 Å². The summed E-state index contributed by atoms with van der Waals surface area (Å²) < 4.78 is 0. The molecule has 0 bridgehead atoms. The molecule has 0 rings (SSSR count). The Hall–Kier alpha value is 2.05. The van der Waals surface area contributed by atoms with Crippen molar-refractivity contribution in [2.75, 3.05) is 39.6 Å². The van der Waals surface area contributed by atoms with Crippen LogP contribution >= 0.6 is 0 Å². The molecule has 0 amide bonds. The SMILES string of the molecule is CC[O-].CC[O-].CC[O-].CC[O-].CC[O-].CC[O-].[Ba+2].[Ti+4]. The summed E-state index contributed by atoms with van der Waals surface area (Å²) in [5, 5.41) is 53.6. The molecule has 0 saturated carbocycles. The summed E-state index contributed by atoms with van der Waals surface area (Å²) in [4.78, 5) is 0. The summed E-state index contributed by atoms with van der Waals surface area (Å²) in [6.07, 6.45) is 0. The minimum atomic E-state index is 0.